The molecule has 0 saturated carbocycles. The second-order valence-corrected chi connectivity index (χ2v) is 4.08. The van der Waals surface area contributed by atoms with E-state index < -0.39 is 11.9 Å². The van der Waals surface area contributed by atoms with Crippen LogP contribution in [-0.4, -0.2) is 43.8 Å². The van der Waals surface area contributed by atoms with Crippen LogP contribution in [0.15, 0.2) is 0 Å². The summed E-state index contributed by atoms with van der Waals surface area (Å²) in [7, 11) is 1.58. The summed E-state index contributed by atoms with van der Waals surface area (Å²) in [6.07, 6.45) is 0.736. The van der Waals surface area contributed by atoms with Gasteiger partial charge in [0, 0.05) is 19.4 Å². The molecular formula is C12H22O5. The minimum Gasteiger partial charge on any atom is -0.481 e. The maximum atomic E-state index is 11.8. The molecule has 2 unspecified atom stereocenters. The van der Waals surface area contributed by atoms with Gasteiger partial charge in [-0.05, 0) is 6.42 Å². The number of ketones is 1. The topological polar surface area (TPSA) is 72.8 Å². The summed E-state index contributed by atoms with van der Waals surface area (Å²) in [6.45, 7) is 4.72. The van der Waals surface area contributed by atoms with Crippen molar-refractivity contribution in [3.05, 3.63) is 0 Å². The van der Waals surface area contributed by atoms with Crippen LogP contribution in [0.1, 0.15) is 26.7 Å². The number of carbonyl (C=O) groups is 2. The first-order valence-electron chi connectivity index (χ1n) is 5.85. The van der Waals surface area contributed by atoms with Crippen molar-refractivity contribution < 1.29 is 24.2 Å². The van der Waals surface area contributed by atoms with E-state index in [9.17, 15) is 9.59 Å². The molecule has 2 atom stereocenters. The van der Waals surface area contributed by atoms with E-state index in [-0.39, 0.29) is 18.1 Å². The van der Waals surface area contributed by atoms with Gasteiger partial charge in [-0.3, -0.25) is 9.59 Å². The van der Waals surface area contributed by atoms with Crippen molar-refractivity contribution in [2.45, 2.75) is 26.7 Å². The van der Waals surface area contributed by atoms with Gasteiger partial charge in [0.15, 0.2) is 0 Å². The van der Waals surface area contributed by atoms with Crippen molar-refractivity contribution >= 4 is 11.8 Å². The number of ether oxygens (including phenoxy) is 2. The highest BCUT2D eigenvalue weighted by Crippen LogP contribution is 2.12. The molecule has 0 amide bonds. The Hall–Kier alpha value is -0.940. The van der Waals surface area contributed by atoms with E-state index in [0.29, 0.717) is 26.2 Å². The molecule has 0 spiro atoms. The molecule has 0 aliphatic rings. The van der Waals surface area contributed by atoms with Gasteiger partial charge in [-0.2, -0.15) is 0 Å². The average Bonchev–Trinajstić information content (AvgIpc) is 2.28. The van der Waals surface area contributed by atoms with Crippen LogP contribution in [0.2, 0.25) is 0 Å². The van der Waals surface area contributed by atoms with E-state index in [1.165, 1.54) is 0 Å². The molecule has 0 aliphatic heterocycles. The molecule has 0 rings (SSSR count). The fourth-order valence-corrected chi connectivity index (χ4v) is 1.36. The van der Waals surface area contributed by atoms with Crippen molar-refractivity contribution in [3.8, 4) is 0 Å². The summed E-state index contributed by atoms with van der Waals surface area (Å²) in [4.78, 5) is 22.4. The van der Waals surface area contributed by atoms with E-state index >= 15 is 0 Å². The number of hydrogen-bond donors (Lipinski definition) is 1. The summed E-state index contributed by atoms with van der Waals surface area (Å²) in [5, 5.41) is 8.73. The van der Waals surface area contributed by atoms with E-state index in [2.05, 4.69) is 0 Å². The summed E-state index contributed by atoms with van der Waals surface area (Å²) in [5.74, 6) is -1.82. The molecule has 0 aromatic carbocycles. The van der Waals surface area contributed by atoms with Crippen LogP contribution in [0.4, 0.5) is 0 Å². The third-order valence-electron chi connectivity index (χ3n) is 2.63. The molecule has 17 heavy (non-hydrogen) atoms. The molecule has 0 aromatic rings. The Morgan fingerprint density at radius 2 is 1.94 bits per heavy atom. The van der Waals surface area contributed by atoms with E-state index in [4.69, 9.17) is 14.6 Å². The number of Topliss-reactive ketones (excluding diaryl/α,β-unsaturated/α-hetero) is 1. The molecule has 0 aliphatic carbocycles. The number of hydrogen-bond acceptors (Lipinski definition) is 4. The number of aliphatic carboxylic acids is 1. The maximum Gasteiger partial charge on any atom is 0.306 e. The molecule has 5 nitrogen and oxygen atoms in total. The summed E-state index contributed by atoms with van der Waals surface area (Å²) < 4.78 is 10.1. The average molecular weight is 246 g/mol. The Balaban J connectivity index is 3.99. The second-order valence-electron chi connectivity index (χ2n) is 4.08. The zero-order chi connectivity index (χ0) is 13.3. The fourth-order valence-electron chi connectivity index (χ4n) is 1.36. The third-order valence-corrected chi connectivity index (χ3v) is 2.63. The molecular weight excluding hydrogens is 224 g/mol. The van der Waals surface area contributed by atoms with Gasteiger partial charge in [-0.1, -0.05) is 13.8 Å². The van der Waals surface area contributed by atoms with Crippen molar-refractivity contribution in [1.82, 2.24) is 0 Å². The van der Waals surface area contributed by atoms with E-state index in [1.807, 2.05) is 6.92 Å². The Morgan fingerprint density at radius 3 is 2.41 bits per heavy atom. The van der Waals surface area contributed by atoms with Crippen LogP contribution in [0.3, 0.4) is 0 Å². The summed E-state index contributed by atoms with van der Waals surface area (Å²) in [6, 6.07) is 0. The van der Waals surface area contributed by atoms with Gasteiger partial charge < -0.3 is 14.6 Å². The first-order chi connectivity index (χ1) is 8.02. The molecule has 1 N–H and O–H groups in total. The lowest BCUT2D eigenvalue weighted by Crippen LogP contribution is -2.24. The van der Waals surface area contributed by atoms with Crippen molar-refractivity contribution in [1.29, 1.82) is 0 Å². The monoisotopic (exact) mass is 246 g/mol. The molecule has 100 valence electrons. The maximum absolute atomic E-state index is 11.8. The van der Waals surface area contributed by atoms with Gasteiger partial charge in [0.25, 0.3) is 0 Å². The minimum atomic E-state index is -0.937. The highest BCUT2D eigenvalue weighted by atomic mass is 16.5. The Labute approximate surface area is 102 Å². The lowest BCUT2D eigenvalue weighted by Gasteiger charge is -2.15. The quantitative estimate of drug-likeness (QED) is 0.589. The number of rotatable bonds is 10. The molecule has 0 saturated heterocycles. The predicted octanol–water partition coefficient (Wildman–Crippen LogP) is 1.36. The molecule has 0 aromatic heterocycles. The van der Waals surface area contributed by atoms with Gasteiger partial charge in [-0.25, -0.2) is 0 Å². The fraction of sp³-hybridized carbons (Fsp3) is 0.833. The van der Waals surface area contributed by atoms with Crippen molar-refractivity contribution in [3.63, 3.8) is 0 Å². The van der Waals surface area contributed by atoms with E-state index in [0.717, 1.165) is 0 Å². The van der Waals surface area contributed by atoms with Crippen LogP contribution in [0.5, 0.6) is 0 Å². The molecule has 0 fully saturated rings. The second kappa shape index (κ2) is 9.13. The smallest absolute Gasteiger partial charge is 0.306 e. The summed E-state index contributed by atoms with van der Waals surface area (Å²) in [5.41, 5.74) is 0. The number of carboxylic acid groups (broad SMARTS) is 1. The summed E-state index contributed by atoms with van der Waals surface area (Å²) >= 11 is 0. The van der Waals surface area contributed by atoms with Crippen LogP contribution in [0.25, 0.3) is 0 Å². The number of carboxylic acids is 1. The first kappa shape index (κ1) is 16.1. The third kappa shape index (κ3) is 7.07. The SMILES string of the molecule is CCC(COCCOC)C(=O)CC(C)C(=O)O. The van der Waals surface area contributed by atoms with Gasteiger partial charge in [0.05, 0.1) is 25.7 Å². The lowest BCUT2D eigenvalue weighted by atomic mass is 9.94. The predicted molar refractivity (Wildman–Crippen MR) is 62.9 cm³/mol. The Bertz CT molecular complexity index is 239. The highest BCUT2D eigenvalue weighted by Gasteiger charge is 2.22. The lowest BCUT2D eigenvalue weighted by molar-refractivity contribution is -0.143. The first-order valence-corrected chi connectivity index (χ1v) is 5.85. The van der Waals surface area contributed by atoms with Gasteiger partial charge in [0.2, 0.25) is 0 Å². The number of methoxy groups -OCH3 is 1. The Kier molecular flexibility index (Phi) is 8.62. The zero-order valence-corrected chi connectivity index (χ0v) is 10.8. The van der Waals surface area contributed by atoms with Crippen LogP contribution < -0.4 is 0 Å². The van der Waals surface area contributed by atoms with Gasteiger partial charge >= 0.3 is 5.97 Å². The van der Waals surface area contributed by atoms with Crippen molar-refractivity contribution in [2.24, 2.45) is 11.8 Å². The van der Waals surface area contributed by atoms with Crippen LogP contribution in [-0.2, 0) is 19.1 Å². The van der Waals surface area contributed by atoms with E-state index in [1.54, 1.807) is 14.0 Å². The standard InChI is InChI=1S/C12H22O5/c1-4-10(8-17-6-5-16-3)11(13)7-9(2)12(14)15/h9-10H,4-8H2,1-3H3,(H,14,15). The van der Waals surface area contributed by atoms with Crippen LogP contribution in [0, 0.1) is 11.8 Å². The molecule has 0 heterocycles. The van der Waals surface area contributed by atoms with Crippen molar-refractivity contribution in [2.75, 3.05) is 26.9 Å². The largest absolute Gasteiger partial charge is 0.481 e. The normalized spacial score (nSPS) is 14.3. The van der Waals surface area contributed by atoms with Gasteiger partial charge in [0.1, 0.15) is 5.78 Å². The Morgan fingerprint density at radius 1 is 1.29 bits per heavy atom. The highest BCUT2D eigenvalue weighted by molar-refractivity contribution is 5.85. The molecule has 0 radical (unpaired) electrons. The minimum absolute atomic E-state index is 0.0418. The molecule has 5 heteroatoms. The zero-order valence-electron chi connectivity index (χ0n) is 10.8. The molecule has 0 bridgehead atoms. The van der Waals surface area contributed by atoms with Crippen LogP contribution >= 0.6 is 0 Å². The van der Waals surface area contributed by atoms with Gasteiger partial charge in [-0.15, -0.1) is 0 Å². The number of carbonyl (C=O) groups excluding carboxylic acids is 1.